The summed E-state index contributed by atoms with van der Waals surface area (Å²) in [4.78, 5) is 6.92. The lowest BCUT2D eigenvalue weighted by molar-refractivity contribution is 0.0512. The fraction of sp³-hybridized carbons (Fsp3) is 0.458. The molecule has 154 valence electrons. The van der Waals surface area contributed by atoms with Crippen LogP contribution in [0.15, 0.2) is 59.6 Å². The second kappa shape index (κ2) is 8.95. The molecule has 2 aliphatic heterocycles. The van der Waals surface area contributed by atoms with Crippen LogP contribution in [0.4, 0.5) is 4.39 Å². The zero-order valence-corrected chi connectivity index (χ0v) is 17.1. The van der Waals surface area contributed by atoms with Crippen LogP contribution in [-0.4, -0.2) is 50.8 Å². The number of halogens is 1. The molecule has 2 aromatic rings. The lowest BCUT2D eigenvalue weighted by Crippen LogP contribution is -2.48. The lowest BCUT2D eigenvalue weighted by Gasteiger charge is -2.39. The first-order chi connectivity index (χ1) is 14.2. The van der Waals surface area contributed by atoms with Gasteiger partial charge in [-0.1, -0.05) is 42.5 Å². The van der Waals surface area contributed by atoms with Crippen LogP contribution in [0, 0.1) is 5.82 Å². The monoisotopic (exact) mass is 395 g/mol. The highest BCUT2D eigenvalue weighted by Gasteiger charge is 2.35. The molecule has 1 atom stereocenters. The fourth-order valence-corrected chi connectivity index (χ4v) is 4.66. The third-order valence-electron chi connectivity index (χ3n) is 6.46. The minimum absolute atomic E-state index is 0.0551. The molecule has 4 nitrogen and oxygen atoms in total. The molecule has 1 N–H and O–H groups in total. The number of guanidine groups is 1. The molecule has 0 aliphatic carbocycles. The van der Waals surface area contributed by atoms with Crippen molar-refractivity contribution in [3.8, 4) is 0 Å². The quantitative estimate of drug-likeness (QED) is 0.629. The maximum Gasteiger partial charge on any atom is 0.193 e. The van der Waals surface area contributed by atoms with E-state index in [-0.39, 0.29) is 11.2 Å². The second-order valence-corrected chi connectivity index (χ2v) is 8.14. The van der Waals surface area contributed by atoms with Crippen LogP contribution < -0.4 is 5.32 Å². The molecule has 2 aromatic carbocycles. The lowest BCUT2D eigenvalue weighted by atomic mass is 9.74. The Morgan fingerprint density at radius 3 is 2.55 bits per heavy atom. The van der Waals surface area contributed by atoms with E-state index < -0.39 is 0 Å². The summed E-state index contributed by atoms with van der Waals surface area (Å²) in [6, 6.07) is 17.7. The molecular weight excluding hydrogens is 365 g/mol. The number of ether oxygens (including phenoxy) is 1. The number of rotatable bonds is 4. The van der Waals surface area contributed by atoms with Gasteiger partial charge in [0.25, 0.3) is 0 Å². The van der Waals surface area contributed by atoms with Crippen LogP contribution in [0.25, 0.3) is 0 Å². The van der Waals surface area contributed by atoms with E-state index >= 15 is 0 Å². The first-order valence-corrected chi connectivity index (χ1v) is 10.5. The highest BCUT2D eigenvalue weighted by molar-refractivity contribution is 5.80. The van der Waals surface area contributed by atoms with Gasteiger partial charge in [-0.3, -0.25) is 4.99 Å². The van der Waals surface area contributed by atoms with Crippen molar-refractivity contribution in [2.45, 2.75) is 30.6 Å². The van der Waals surface area contributed by atoms with Crippen molar-refractivity contribution in [2.24, 2.45) is 4.99 Å². The highest BCUT2D eigenvalue weighted by Crippen LogP contribution is 2.35. The average Bonchev–Trinajstić information content (AvgIpc) is 3.26. The zero-order valence-electron chi connectivity index (χ0n) is 17.1. The van der Waals surface area contributed by atoms with Crippen LogP contribution >= 0.6 is 0 Å². The van der Waals surface area contributed by atoms with Crippen LogP contribution in [0.5, 0.6) is 0 Å². The van der Waals surface area contributed by atoms with Gasteiger partial charge < -0.3 is 15.0 Å². The Morgan fingerprint density at radius 2 is 1.86 bits per heavy atom. The summed E-state index contributed by atoms with van der Waals surface area (Å²) in [5, 5.41) is 3.63. The van der Waals surface area contributed by atoms with Crippen molar-refractivity contribution in [1.82, 2.24) is 10.2 Å². The Bertz CT molecular complexity index is 816. The van der Waals surface area contributed by atoms with Gasteiger partial charge in [0, 0.05) is 51.2 Å². The molecule has 0 bridgehead atoms. The largest absolute Gasteiger partial charge is 0.381 e. The van der Waals surface area contributed by atoms with Crippen molar-refractivity contribution in [3.05, 3.63) is 71.5 Å². The van der Waals surface area contributed by atoms with Gasteiger partial charge in [0.1, 0.15) is 5.82 Å². The maximum atomic E-state index is 13.5. The Hall–Kier alpha value is -2.40. The number of nitrogens with one attached hydrogen (secondary N) is 1. The van der Waals surface area contributed by atoms with Gasteiger partial charge in [0.05, 0.1) is 0 Å². The van der Waals surface area contributed by atoms with Crippen molar-refractivity contribution in [3.63, 3.8) is 0 Å². The smallest absolute Gasteiger partial charge is 0.193 e. The van der Waals surface area contributed by atoms with Crippen molar-refractivity contribution in [1.29, 1.82) is 0 Å². The Labute approximate surface area is 172 Å². The van der Waals surface area contributed by atoms with Crippen LogP contribution in [0.3, 0.4) is 0 Å². The summed E-state index contributed by atoms with van der Waals surface area (Å²) < 4.78 is 19.1. The van der Waals surface area contributed by atoms with Gasteiger partial charge in [0.15, 0.2) is 5.96 Å². The minimum atomic E-state index is -0.191. The highest BCUT2D eigenvalue weighted by atomic mass is 19.1. The van der Waals surface area contributed by atoms with Crippen molar-refractivity contribution in [2.75, 3.05) is 39.9 Å². The third-order valence-corrected chi connectivity index (χ3v) is 6.46. The zero-order chi connectivity index (χ0) is 20.1. The van der Waals surface area contributed by atoms with Gasteiger partial charge in [-0.05, 0) is 42.5 Å². The molecule has 0 amide bonds. The number of hydrogen-bond donors (Lipinski definition) is 1. The summed E-state index contributed by atoms with van der Waals surface area (Å²) in [6.45, 7) is 4.23. The molecule has 0 spiro atoms. The summed E-state index contributed by atoms with van der Waals surface area (Å²) in [5.41, 5.74) is 2.52. The second-order valence-electron chi connectivity index (χ2n) is 8.14. The summed E-state index contributed by atoms with van der Waals surface area (Å²) in [7, 11) is 1.85. The van der Waals surface area contributed by atoms with Crippen LogP contribution in [-0.2, 0) is 10.2 Å². The van der Waals surface area contributed by atoms with E-state index in [1.807, 2.05) is 19.2 Å². The standard InChI is InChI=1S/C24H30FN3O/c1-26-23(28-14-11-20(17-28)19-5-3-2-4-6-19)27-18-24(12-15-29-16-13-24)21-7-9-22(25)10-8-21/h2-10,20H,11-18H2,1H3,(H,26,27). The molecule has 0 aromatic heterocycles. The number of hydrogen-bond acceptors (Lipinski definition) is 2. The van der Waals surface area contributed by atoms with E-state index in [4.69, 9.17) is 4.74 Å². The first-order valence-electron chi connectivity index (χ1n) is 10.5. The van der Waals surface area contributed by atoms with Gasteiger partial charge in [0.2, 0.25) is 0 Å². The molecule has 2 saturated heterocycles. The number of likely N-dealkylation sites (tertiary alicyclic amines) is 1. The third kappa shape index (κ3) is 4.45. The predicted octanol–water partition coefficient (Wildman–Crippen LogP) is 3.94. The van der Waals surface area contributed by atoms with Gasteiger partial charge in [-0.25, -0.2) is 4.39 Å². The molecule has 29 heavy (non-hydrogen) atoms. The molecular formula is C24H30FN3O. The van der Waals surface area contributed by atoms with Crippen LogP contribution in [0.1, 0.15) is 36.3 Å². The van der Waals surface area contributed by atoms with Crippen molar-refractivity contribution < 1.29 is 9.13 Å². The molecule has 2 aliphatic rings. The molecule has 2 heterocycles. The van der Waals surface area contributed by atoms with Gasteiger partial charge in [-0.15, -0.1) is 0 Å². The Balaban J connectivity index is 1.44. The van der Waals surface area contributed by atoms with E-state index in [0.717, 1.165) is 58.1 Å². The first kappa shape index (κ1) is 19.9. The number of nitrogens with zero attached hydrogens (tertiary/aromatic N) is 2. The predicted molar refractivity (Wildman–Crippen MR) is 115 cm³/mol. The molecule has 1 unspecified atom stereocenters. The van der Waals surface area contributed by atoms with E-state index in [1.54, 1.807) is 12.1 Å². The molecule has 5 heteroatoms. The fourth-order valence-electron chi connectivity index (χ4n) is 4.66. The van der Waals surface area contributed by atoms with Gasteiger partial charge >= 0.3 is 0 Å². The van der Waals surface area contributed by atoms with Gasteiger partial charge in [-0.2, -0.15) is 0 Å². The van der Waals surface area contributed by atoms with Crippen molar-refractivity contribution >= 4 is 5.96 Å². The van der Waals surface area contributed by atoms with E-state index in [0.29, 0.717) is 5.92 Å². The summed E-state index contributed by atoms with van der Waals surface area (Å²) >= 11 is 0. The van der Waals surface area contributed by atoms with E-state index in [2.05, 4.69) is 45.5 Å². The molecule has 4 rings (SSSR count). The SMILES string of the molecule is CN=C(NCC1(c2ccc(F)cc2)CCOCC1)N1CCC(c2ccccc2)C1. The number of aliphatic imine (C=N–C) groups is 1. The Morgan fingerprint density at radius 1 is 1.14 bits per heavy atom. The van der Waals surface area contributed by atoms with E-state index in [1.165, 1.54) is 11.1 Å². The summed E-state index contributed by atoms with van der Waals surface area (Å²) in [5.74, 6) is 1.31. The molecule has 2 fully saturated rings. The maximum absolute atomic E-state index is 13.5. The topological polar surface area (TPSA) is 36.9 Å². The normalized spacial score (nSPS) is 21.9. The summed E-state index contributed by atoms with van der Waals surface area (Å²) in [6.07, 6.45) is 2.99. The average molecular weight is 396 g/mol. The molecule has 0 radical (unpaired) electrons. The van der Waals surface area contributed by atoms with Crippen LogP contribution in [0.2, 0.25) is 0 Å². The molecule has 0 saturated carbocycles. The minimum Gasteiger partial charge on any atom is -0.381 e. The van der Waals surface area contributed by atoms with E-state index in [9.17, 15) is 4.39 Å². The Kier molecular flexibility index (Phi) is 6.14. The number of benzene rings is 2.